The predicted octanol–water partition coefficient (Wildman–Crippen LogP) is 2.47. The second-order valence-electron chi connectivity index (χ2n) is 5.90. The van der Waals surface area contributed by atoms with Crippen LogP contribution in [0.15, 0.2) is 12.1 Å². The maximum absolute atomic E-state index is 9.86. The molecule has 0 aliphatic carbocycles. The Hall–Kier alpha value is -0.680. The summed E-state index contributed by atoms with van der Waals surface area (Å²) in [5.41, 5.74) is 6.94. The molecule has 1 heterocycles. The highest BCUT2D eigenvalue weighted by atomic mass is 35.5. The van der Waals surface area contributed by atoms with Gasteiger partial charge in [-0.05, 0) is 26.0 Å². The zero-order chi connectivity index (χ0) is 14.9. The van der Waals surface area contributed by atoms with Crippen molar-refractivity contribution in [1.82, 2.24) is 4.90 Å². The topological polar surface area (TPSA) is 52.7 Å². The van der Waals surface area contributed by atoms with Crippen LogP contribution in [0.3, 0.4) is 0 Å². The standard InChI is InChI=1S/C14H21Cl2N3O/c1-14(2,20)9-18-3-5-19(6-4-18)13-8-11(16)10(15)7-12(13)17/h7-8,20H,3-6,9,17H2,1-2H3. The van der Waals surface area contributed by atoms with Gasteiger partial charge in [-0.2, -0.15) is 0 Å². The van der Waals surface area contributed by atoms with Gasteiger partial charge in [-0.3, -0.25) is 4.90 Å². The average Bonchev–Trinajstić information content (AvgIpc) is 2.33. The Kier molecular flexibility index (Phi) is 4.69. The molecule has 6 heteroatoms. The Bertz CT molecular complexity index is 480. The first-order valence-electron chi connectivity index (χ1n) is 6.70. The van der Waals surface area contributed by atoms with Crippen LogP contribution < -0.4 is 10.6 Å². The van der Waals surface area contributed by atoms with Crippen LogP contribution in [-0.4, -0.2) is 48.3 Å². The summed E-state index contributed by atoms with van der Waals surface area (Å²) < 4.78 is 0. The molecule has 0 spiro atoms. The molecule has 0 aromatic heterocycles. The molecule has 112 valence electrons. The number of β-amino-alcohol motifs (C(OH)–C–C–N with tert-alkyl or cyclic N) is 1. The highest BCUT2D eigenvalue weighted by Crippen LogP contribution is 2.33. The summed E-state index contributed by atoms with van der Waals surface area (Å²) in [6, 6.07) is 3.52. The molecule has 2 rings (SSSR count). The third-order valence-corrected chi connectivity index (χ3v) is 4.12. The number of rotatable bonds is 3. The van der Waals surface area contributed by atoms with Gasteiger partial charge in [0, 0.05) is 32.7 Å². The van der Waals surface area contributed by atoms with Gasteiger partial charge < -0.3 is 15.7 Å². The number of anilines is 2. The molecule has 0 radical (unpaired) electrons. The van der Waals surface area contributed by atoms with Crippen molar-refractivity contribution in [2.75, 3.05) is 43.4 Å². The maximum Gasteiger partial charge on any atom is 0.0718 e. The van der Waals surface area contributed by atoms with E-state index in [4.69, 9.17) is 28.9 Å². The molecular formula is C14H21Cl2N3O. The molecule has 0 amide bonds. The van der Waals surface area contributed by atoms with Gasteiger partial charge >= 0.3 is 0 Å². The molecule has 20 heavy (non-hydrogen) atoms. The van der Waals surface area contributed by atoms with Crippen LogP contribution in [-0.2, 0) is 0 Å². The van der Waals surface area contributed by atoms with Crippen molar-refractivity contribution >= 4 is 34.6 Å². The number of nitrogen functional groups attached to an aromatic ring is 1. The normalized spacial score (nSPS) is 17.6. The molecule has 1 fully saturated rings. The summed E-state index contributed by atoms with van der Waals surface area (Å²) in [7, 11) is 0. The molecule has 1 aromatic carbocycles. The molecule has 1 saturated heterocycles. The minimum atomic E-state index is -0.662. The minimum Gasteiger partial charge on any atom is -0.397 e. The molecule has 1 aliphatic heterocycles. The summed E-state index contributed by atoms with van der Waals surface area (Å²) >= 11 is 12.0. The predicted molar refractivity (Wildman–Crippen MR) is 85.8 cm³/mol. The number of nitrogens with two attached hydrogens (primary N) is 1. The third-order valence-electron chi connectivity index (χ3n) is 3.39. The number of hydrogen-bond acceptors (Lipinski definition) is 4. The molecule has 4 nitrogen and oxygen atoms in total. The van der Waals surface area contributed by atoms with E-state index in [0.29, 0.717) is 22.3 Å². The fourth-order valence-corrected chi connectivity index (χ4v) is 2.85. The van der Waals surface area contributed by atoms with E-state index in [-0.39, 0.29) is 0 Å². The van der Waals surface area contributed by atoms with Crippen LogP contribution in [0.4, 0.5) is 11.4 Å². The fraction of sp³-hybridized carbons (Fsp3) is 0.571. The molecule has 1 aromatic rings. The molecule has 3 N–H and O–H groups in total. The SMILES string of the molecule is CC(C)(O)CN1CCN(c2cc(Cl)c(Cl)cc2N)CC1. The zero-order valence-electron chi connectivity index (χ0n) is 11.9. The third kappa shape index (κ3) is 3.92. The zero-order valence-corrected chi connectivity index (χ0v) is 13.4. The van der Waals surface area contributed by atoms with E-state index in [1.807, 2.05) is 19.9 Å². The van der Waals surface area contributed by atoms with Crippen LogP contribution in [0, 0.1) is 0 Å². The summed E-state index contributed by atoms with van der Waals surface area (Å²) in [6.07, 6.45) is 0. The van der Waals surface area contributed by atoms with Crippen molar-refractivity contribution in [1.29, 1.82) is 0 Å². The van der Waals surface area contributed by atoms with Gasteiger partial charge in [0.05, 0.1) is 27.0 Å². The number of hydrogen-bond donors (Lipinski definition) is 2. The van der Waals surface area contributed by atoms with Gasteiger partial charge in [0.25, 0.3) is 0 Å². The van der Waals surface area contributed by atoms with Crippen LogP contribution in [0.5, 0.6) is 0 Å². The van der Waals surface area contributed by atoms with E-state index in [2.05, 4.69) is 9.80 Å². The van der Waals surface area contributed by atoms with Gasteiger partial charge in [-0.15, -0.1) is 0 Å². The Morgan fingerprint density at radius 3 is 2.25 bits per heavy atom. The molecule has 0 unspecified atom stereocenters. The first kappa shape index (κ1) is 15.7. The van der Waals surface area contributed by atoms with Crippen LogP contribution >= 0.6 is 23.2 Å². The second-order valence-corrected chi connectivity index (χ2v) is 6.72. The minimum absolute atomic E-state index is 0.480. The second kappa shape index (κ2) is 5.98. The Morgan fingerprint density at radius 2 is 1.70 bits per heavy atom. The lowest BCUT2D eigenvalue weighted by molar-refractivity contribution is 0.0345. The van der Waals surface area contributed by atoms with Gasteiger partial charge in [-0.1, -0.05) is 23.2 Å². The van der Waals surface area contributed by atoms with Crippen molar-refractivity contribution in [3.05, 3.63) is 22.2 Å². The number of benzene rings is 1. The monoisotopic (exact) mass is 317 g/mol. The van der Waals surface area contributed by atoms with Crippen LogP contribution in [0.25, 0.3) is 0 Å². The number of piperazine rings is 1. The smallest absolute Gasteiger partial charge is 0.0718 e. The average molecular weight is 318 g/mol. The van der Waals surface area contributed by atoms with E-state index >= 15 is 0 Å². The van der Waals surface area contributed by atoms with E-state index in [9.17, 15) is 5.11 Å². The van der Waals surface area contributed by atoms with E-state index in [1.54, 1.807) is 6.07 Å². The van der Waals surface area contributed by atoms with Crippen molar-refractivity contribution in [2.24, 2.45) is 0 Å². The number of halogens is 2. The molecule has 0 saturated carbocycles. The van der Waals surface area contributed by atoms with Crippen LogP contribution in [0.1, 0.15) is 13.8 Å². The lowest BCUT2D eigenvalue weighted by Crippen LogP contribution is -2.50. The van der Waals surface area contributed by atoms with Crippen molar-refractivity contribution in [3.63, 3.8) is 0 Å². The Morgan fingerprint density at radius 1 is 1.15 bits per heavy atom. The lowest BCUT2D eigenvalue weighted by Gasteiger charge is -2.38. The molecule has 0 bridgehead atoms. The summed E-state index contributed by atoms with van der Waals surface area (Å²) in [5.74, 6) is 0. The molecular weight excluding hydrogens is 297 g/mol. The molecule has 0 atom stereocenters. The highest BCUT2D eigenvalue weighted by Gasteiger charge is 2.23. The van der Waals surface area contributed by atoms with E-state index in [1.165, 1.54) is 0 Å². The lowest BCUT2D eigenvalue weighted by atomic mass is 10.1. The summed E-state index contributed by atoms with van der Waals surface area (Å²) in [4.78, 5) is 4.46. The summed E-state index contributed by atoms with van der Waals surface area (Å²) in [6.45, 7) is 7.84. The van der Waals surface area contributed by atoms with E-state index in [0.717, 1.165) is 31.9 Å². The highest BCUT2D eigenvalue weighted by molar-refractivity contribution is 6.42. The first-order chi connectivity index (χ1) is 9.26. The van der Waals surface area contributed by atoms with Crippen molar-refractivity contribution in [2.45, 2.75) is 19.4 Å². The summed E-state index contributed by atoms with van der Waals surface area (Å²) in [5, 5.41) is 10.9. The van der Waals surface area contributed by atoms with E-state index < -0.39 is 5.60 Å². The van der Waals surface area contributed by atoms with Crippen LogP contribution in [0.2, 0.25) is 10.0 Å². The van der Waals surface area contributed by atoms with Gasteiger partial charge in [0.15, 0.2) is 0 Å². The van der Waals surface area contributed by atoms with Crippen molar-refractivity contribution in [3.8, 4) is 0 Å². The fourth-order valence-electron chi connectivity index (χ4n) is 2.52. The number of aliphatic hydroxyl groups is 1. The van der Waals surface area contributed by atoms with Crippen molar-refractivity contribution < 1.29 is 5.11 Å². The Balaban J connectivity index is 2.02. The maximum atomic E-state index is 9.86. The number of nitrogens with zero attached hydrogens (tertiary/aromatic N) is 2. The quantitative estimate of drug-likeness (QED) is 0.841. The largest absolute Gasteiger partial charge is 0.397 e. The molecule has 1 aliphatic rings. The Labute approximate surface area is 130 Å². The van der Waals surface area contributed by atoms with Gasteiger partial charge in [0.1, 0.15) is 0 Å². The van der Waals surface area contributed by atoms with Gasteiger partial charge in [0.2, 0.25) is 0 Å². The first-order valence-corrected chi connectivity index (χ1v) is 7.46. The van der Waals surface area contributed by atoms with Gasteiger partial charge in [-0.25, -0.2) is 0 Å².